The van der Waals surface area contributed by atoms with Gasteiger partial charge in [-0.15, -0.1) is 0 Å². The number of alkyl halides is 2. The van der Waals surface area contributed by atoms with Crippen LogP contribution in [0.5, 0.6) is 0 Å². The Balaban J connectivity index is 1.19. The summed E-state index contributed by atoms with van der Waals surface area (Å²) in [7, 11) is 0. The number of rotatable bonds is 5. The summed E-state index contributed by atoms with van der Waals surface area (Å²) < 4.78 is 32.8. The second-order valence-corrected chi connectivity index (χ2v) is 11.7. The third-order valence-electron chi connectivity index (χ3n) is 8.83. The van der Waals surface area contributed by atoms with Gasteiger partial charge in [-0.05, 0) is 48.0 Å². The summed E-state index contributed by atoms with van der Waals surface area (Å²) in [6, 6.07) is 23.6. The van der Waals surface area contributed by atoms with Gasteiger partial charge >= 0.3 is 6.03 Å². The number of halogens is 2. The van der Waals surface area contributed by atoms with E-state index in [0.717, 1.165) is 11.3 Å². The zero-order chi connectivity index (χ0) is 32.7. The van der Waals surface area contributed by atoms with Crippen molar-refractivity contribution >= 4 is 28.9 Å². The van der Waals surface area contributed by atoms with E-state index in [1.165, 1.54) is 15.9 Å². The van der Waals surface area contributed by atoms with E-state index in [1.54, 1.807) is 41.4 Å². The maximum atomic E-state index is 15.5. The van der Waals surface area contributed by atoms with Gasteiger partial charge in [-0.1, -0.05) is 49.0 Å². The fourth-order valence-electron chi connectivity index (χ4n) is 6.34. The minimum absolute atomic E-state index is 0.121. The molecule has 238 valence electrons. The molecule has 2 N–H and O–H groups in total. The molecule has 12 heteroatoms. The van der Waals surface area contributed by atoms with Crippen LogP contribution in [0, 0.1) is 0 Å². The van der Waals surface area contributed by atoms with Crippen molar-refractivity contribution in [3.63, 3.8) is 0 Å². The molecule has 2 aromatic carbocycles. The maximum Gasteiger partial charge on any atom is 0.320 e. The van der Waals surface area contributed by atoms with Gasteiger partial charge in [0.2, 0.25) is 5.91 Å². The van der Waals surface area contributed by atoms with Crippen LogP contribution in [0.25, 0.3) is 39.5 Å². The van der Waals surface area contributed by atoms with E-state index < -0.39 is 24.4 Å². The van der Waals surface area contributed by atoms with Crippen molar-refractivity contribution in [1.82, 2.24) is 34.2 Å². The number of carbonyl (C=O) groups excluding carboxylic acids is 2. The highest BCUT2D eigenvalue weighted by atomic mass is 19.3. The van der Waals surface area contributed by atoms with Gasteiger partial charge in [0.25, 0.3) is 5.92 Å². The monoisotopic (exact) mass is 634 g/mol. The van der Waals surface area contributed by atoms with Crippen LogP contribution in [0.2, 0.25) is 0 Å². The molecule has 3 aromatic heterocycles. The second kappa shape index (κ2) is 11.9. The van der Waals surface area contributed by atoms with Gasteiger partial charge in [-0.3, -0.25) is 9.36 Å². The van der Waals surface area contributed by atoms with Crippen LogP contribution in [-0.4, -0.2) is 91.3 Å². The zero-order valence-electron chi connectivity index (χ0n) is 25.5. The first-order chi connectivity index (χ1) is 22.7. The summed E-state index contributed by atoms with van der Waals surface area (Å²) in [5.41, 5.74) is 10.9. The van der Waals surface area contributed by atoms with E-state index in [9.17, 15) is 9.59 Å². The fraction of sp³-hybridized carbons (Fsp3) is 0.229. The highest BCUT2D eigenvalue weighted by Gasteiger charge is 2.51. The smallest absolute Gasteiger partial charge is 0.320 e. The van der Waals surface area contributed by atoms with E-state index in [0.29, 0.717) is 52.7 Å². The van der Waals surface area contributed by atoms with Crippen LogP contribution >= 0.6 is 0 Å². The number of piperazine rings is 1. The third kappa shape index (κ3) is 5.56. The number of hydrogen-bond acceptors (Lipinski definition) is 6. The zero-order valence-corrected chi connectivity index (χ0v) is 25.5. The van der Waals surface area contributed by atoms with Crippen LogP contribution in [0.3, 0.4) is 0 Å². The Hall–Kier alpha value is -5.65. The van der Waals surface area contributed by atoms with Crippen LogP contribution in [-0.2, 0) is 4.79 Å². The Morgan fingerprint density at radius 2 is 1.60 bits per heavy atom. The number of nitrogens with zero attached hydrogens (tertiary/aromatic N) is 7. The van der Waals surface area contributed by atoms with Crippen molar-refractivity contribution in [2.75, 3.05) is 45.0 Å². The predicted octanol–water partition coefficient (Wildman–Crippen LogP) is 5.22. The highest BCUT2D eigenvalue weighted by Crippen LogP contribution is 2.41. The standard InChI is InChI=1S/C35H32F2N8O2/c1-2-30(46)42-17-19-43(20-18-42)34(47)44-21-27(35(36,37)22-44)23-10-12-25(13-11-23)45-32(26-9-6-16-39-31(26)38)41-29-15-14-28(40-33(29)45)24-7-4-3-5-8-24/h2-16,27H,1,17-22H2,(H2,38,39)/t27-/m0/s1. The van der Waals surface area contributed by atoms with E-state index in [-0.39, 0.29) is 25.5 Å². The molecule has 2 saturated heterocycles. The fourth-order valence-corrected chi connectivity index (χ4v) is 6.34. The quantitative estimate of drug-likeness (QED) is 0.266. The number of urea groups is 1. The van der Waals surface area contributed by atoms with E-state index >= 15 is 8.78 Å². The van der Waals surface area contributed by atoms with E-state index in [2.05, 4.69) is 11.6 Å². The number of imidazole rings is 1. The van der Waals surface area contributed by atoms with Crippen LogP contribution in [0.1, 0.15) is 11.5 Å². The minimum Gasteiger partial charge on any atom is -0.383 e. The lowest BCUT2D eigenvalue weighted by Crippen LogP contribution is -2.53. The van der Waals surface area contributed by atoms with Crippen molar-refractivity contribution in [2.24, 2.45) is 0 Å². The van der Waals surface area contributed by atoms with Gasteiger partial charge in [0.05, 0.1) is 23.7 Å². The molecule has 2 fully saturated rings. The molecular weight excluding hydrogens is 602 g/mol. The molecular formula is C35H32F2N8O2. The lowest BCUT2D eigenvalue weighted by Gasteiger charge is -2.36. The van der Waals surface area contributed by atoms with Crippen molar-refractivity contribution in [1.29, 1.82) is 0 Å². The first kappa shape index (κ1) is 30.0. The second-order valence-electron chi connectivity index (χ2n) is 11.7. The summed E-state index contributed by atoms with van der Waals surface area (Å²) in [5.74, 6) is -3.69. The Morgan fingerprint density at radius 1 is 0.872 bits per heavy atom. The summed E-state index contributed by atoms with van der Waals surface area (Å²) >= 11 is 0. The number of benzene rings is 2. The highest BCUT2D eigenvalue weighted by molar-refractivity contribution is 5.87. The number of pyridine rings is 2. The third-order valence-corrected chi connectivity index (χ3v) is 8.83. The van der Waals surface area contributed by atoms with Crippen LogP contribution in [0.4, 0.5) is 19.4 Å². The topological polar surface area (TPSA) is 113 Å². The van der Waals surface area contributed by atoms with Gasteiger partial charge in [-0.2, -0.15) is 0 Å². The van der Waals surface area contributed by atoms with E-state index in [4.69, 9.17) is 15.7 Å². The summed E-state index contributed by atoms with van der Waals surface area (Å²) in [4.78, 5) is 43.5. The number of amides is 3. The maximum absolute atomic E-state index is 15.5. The van der Waals surface area contributed by atoms with Crippen molar-refractivity contribution < 1.29 is 18.4 Å². The van der Waals surface area contributed by atoms with Crippen molar-refractivity contribution in [3.05, 3.63) is 103 Å². The molecule has 5 heterocycles. The molecule has 0 saturated carbocycles. The first-order valence-corrected chi connectivity index (χ1v) is 15.3. The number of nitrogen functional groups attached to an aromatic ring is 1. The molecule has 47 heavy (non-hydrogen) atoms. The largest absolute Gasteiger partial charge is 0.383 e. The lowest BCUT2D eigenvalue weighted by atomic mass is 9.95. The normalized spacial score (nSPS) is 17.7. The van der Waals surface area contributed by atoms with E-state index in [1.807, 2.05) is 53.1 Å². The number of carbonyl (C=O) groups is 2. The summed E-state index contributed by atoms with van der Waals surface area (Å²) in [6.45, 7) is 3.94. The SMILES string of the molecule is C=CC(=O)N1CCN(C(=O)N2C[C@@H](c3ccc(-n4c(-c5cccnc5N)nc5ccc(-c6ccccc6)nc54)cc3)C(F)(F)C2)CC1. The molecule has 2 aliphatic heterocycles. The summed E-state index contributed by atoms with van der Waals surface area (Å²) in [6.07, 6.45) is 2.84. The summed E-state index contributed by atoms with van der Waals surface area (Å²) in [5, 5.41) is 0. The number of nitrogens with two attached hydrogens (primary N) is 1. The number of aromatic nitrogens is 4. The van der Waals surface area contributed by atoms with Gasteiger partial charge in [0.15, 0.2) is 11.5 Å². The number of likely N-dealkylation sites (tertiary alicyclic amines) is 1. The number of hydrogen-bond donors (Lipinski definition) is 1. The van der Waals surface area contributed by atoms with Gasteiger partial charge in [0.1, 0.15) is 11.3 Å². The van der Waals surface area contributed by atoms with Gasteiger partial charge in [-0.25, -0.2) is 28.5 Å². The molecule has 3 amide bonds. The Bertz CT molecular complexity index is 1970. The molecule has 0 aliphatic carbocycles. The molecule has 0 spiro atoms. The molecule has 10 nitrogen and oxygen atoms in total. The molecule has 1 atom stereocenters. The minimum atomic E-state index is -3.12. The lowest BCUT2D eigenvalue weighted by molar-refractivity contribution is -0.127. The Morgan fingerprint density at radius 3 is 2.30 bits per heavy atom. The predicted molar refractivity (Wildman–Crippen MR) is 175 cm³/mol. The van der Waals surface area contributed by atoms with Gasteiger partial charge < -0.3 is 20.4 Å². The van der Waals surface area contributed by atoms with Crippen LogP contribution in [0.15, 0.2) is 97.7 Å². The van der Waals surface area contributed by atoms with Crippen LogP contribution < -0.4 is 5.73 Å². The number of fused-ring (bicyclic) bond motifs is 1. The van der Waals surface area contributed by atoms with Crippen molar-refractivity contribution in [2.45, 2.75) is 11.8 Å². The van der Waals surface area contributed by atoms with Crippen molar-refractivity contribution in [3.8, 4) is 28.3 Å². The molecule has 0 unspecified atom stereocenters. The molecule has 7 rings (SSSR count). The average Bonchev–Trinajstić information content (AvgIpc) is 3.64. The first-order valence-electron chi connectivity index (χ1n) is 15.3. The Labute approximate surface area is 269 Å². The Kier molecular flexibility index (Phi) is 7.63. The average molecular weight is 635 g/mol. The number of anilines is 1. The van der Waals surface area contributed by atoms with Gasteiger partial charge in [0, 0.05) is 50.2 Å². The molecule has 0 radical (unpaired) electrons. The molecule has 0 bridgehead atoms. The molecule has 5 aromatic rings. The molecule has 2 aliphatic rings.